The van der Waals surface area contributed by atoms with E-state index in [2.05, 4.69) is 11.2 Å². The highest BCUT2D eigenvalue weighted by Crippen LogP contribution is 2.26. The van der Waals surface area contributed by atoms with Crippen molar-refractivity contribution in [1.82, 2.24) is 5.32 Å². The van der Waals surface area contributed by atoms with Crippen LogP contribution >= 0.6 is 0 Å². The van der Waals surface area contributed by atoms with Crippen molar-refractivity contribution >= 4 is 11.6 Å². The first-order chi connectivity index (χ1) is 9.13. The molecule has 0 radical (unpaired) electrons. The zero-order valence-corrected chi connectivity index (χ0v) is 11.4. The van der Waals surface area contributed by atoms with Gasteiger partial charge in [0.05, 0.1) is 23.9 Å². The number of hydrogen-bond donors (Lipinski definition) is 2. The van der Waals surface area contributed by atoms with Crippen LogP contribution in [0.2, 0.25) is 0 Å². The van der Waals surface area contributed by atoms with Crippen LogP contribution in [0, 0.1) is 12.3 Å². The second-order valence-corrected chi connectivity index (χ2v) is 4.14. The van der Waals surface area contributed by atoms with Crippen molar-refractivity contribution in [2.45, 2.75) is 32.7 Å². The summed E-state index contributed by atoms with van der Waals surface area (Å²) in [7, 11) is 0. The molecule has 1 unspecified atom stereocenters. The largest absolute Gasteiger partial charge is 0.491 e. The molecule has 102 valence electrons. The molecule has 4 heteroatoms. The van der Waals surface area contributed by atoms with Crippen LogP contribution in [0.5, 0.6) is 5.75 Å². The van der Waals surface area contributed by atoms with Gasteiger partial charge in [-0.05, 0) is 25.5 Å². The fraction of sp³-hybridized carbons (Fsp3) is 0.400. The molecule has 0 aromatic heterocycles. The SMILES string of the molecule is C#CC(CCC)NC(=O)c1cccc(N)c1OCC. The van der Waals surface area contributed by atoms with Crippen LogP contribution in [-0.4, -0.2) is 18.6 Å². The van der Waals surface area contributed by atoms with Crippen molar-refractivity contribution < 1.29 is 9.53 Å². The Labute approximate surface area is 114 Å². The van der Waals surface area contributed by atoms with Gasteiger partial charge in [-0.3, -0.25) is 4.79 Å². The second-order valence-electron chi connectivity index (χ2n) is 4.14. The van der Waals surface area contributed by atoms with E-state index >= 15 is 0 Å². The average molecular weight is 260 g/mol. The van der Waals surface area contributed by atoms with E-state index in [9.17, 15) is 4.79 Å². The topological polar surface area (TPSA) is 64.4 Å². The van der Waals surface area contributed by atoms with Gasteiger partial charge in [-0.15, -0.1) is 6.42 Å². The fourth-order valence-electron chi connectivity index (χ4n) is 1.76. The number of anilines is 1. The van der Waals surface area contributed by atoms with Gasteiger partial charge in [-0.2, -0.15) is 0 Å². The van der Waals surface area contributed by atoms with Gasteiger partial charge in [0.15, 0.2) is 5.75 Å². The molecule has 0 fully saturated rings. The third-order valence-electron chi connectivity index (χ3n) is 2.66. The number of hydrogen-bond acceptors (Lipinski definition) is 3. The molecule has 0 aliphatic heterocycles. The first kappa shape index (κ1) is 14.9. The van der Waals surface area contributed by atoms with Crippen LogP contribution in [0.1, 0.15) is 37.0 Å². The van der Waals surface area contributed by atoms with Crippen molar-refractivity contribution in [3.8, 4) is 18.1 Å². The summed E-state index contributed by atoms with van der Waals surface area (Å²) in [6.45, 7) is 4.31. The number of para-hydroxylation sites is 1. The summed E-state index contributed by atoms with van der Waals surface area (Å²) >= 11 is 0. The van der Waals surface area contributed by atoms with Crippen LogP contribution in [0.25, 0.3) is 0 Å². The summed E-state index contributed by atoms with van der Waals surface area (Å²) in [6, 6.07) is 4.83. The third-order valence-corrected chi connectivity index (χ3v) is 2.66. The fourth-order valence-corrected chi connectivity index (χ4v) is 1.76. The van der Waals surface area contributed by atoms with Crippen LogP contribution in [0.3, 0.4) is 0 Å². The van der Waals surface area contributed by atoms with Gasteiger partial charge in [-0.1, -0.05) is 25.3 Å². The molecule has 0 heterocycles. The lowest BCUT2D eigenvalue weighted by Crippen LogP contribution is -2.34. The van der Waals surface area contributed by atoms with Crippen molar-refractivity contribution in [2.75, 3.05) is 12.3 Å². The lowest BCUT2D eigenvalue weighted by Gasteiger charge is -2.15. The van der Waals surface area contributed by atoms with Crippen molar-refractivity contribution in [3.05, 3.63) is 23.8 Å². The summed E-state index contributed by atoms with van der Waals surface area (Å²) in [5.74, 6) is 2.72. The maximum atomic E-state index is 12.2. The molecule has 0 aliphatic carbocycles. The predicted octanol–water partition coefficient (Wildman–Crippen LogP) is 2.20. The van der Waals surface area contributed by atoms with Gasteiger partial charge in [0.1, 0.15) is 0 Å². The molecule has 0 saturated heterocycles. The number of nitrogen functional groups attached to an aromatic ring is 1. The highest BCUT2D eigenvalue weighted by Gasteiger charge is 2.17. The second kappa shape index (κ2) is 7.32. The summed E-state index contributed by atoms with van der Waals surface area (Å²) in [5, 5.41) is 2.80. The summed E-state index contributed by atoms with van der Waals surface area (Å²) < 4.78 is 5.43. The Bertz CT molecular complexity index is 478. The molecule has 19 heavy (non-hydrogen) atoms. The first-order valence-electron chi connectivity index (χ1n) is 6.42. The summed E-state index contributed by atoms with van der Waals surface area (Å²) in [6.07, 6.45) is 7.04. The Kier molecular flexibility index (Phi) is 5.74. The van der Waals surface area contributed by atoms with Gasteiger partial charge >= 0.3 is 0 Å². The minimum Gasteiger partial charge on any atom is -0.491 e. The summed E-state index contributed by atoms with van der Waals surface area (Å²) in [5.41, 5.74) is 6.68. The lowest BCUT2D eigenvalue weighted by molar-refractivity contribution is 0.0940. The highest BCUT2D eigenvalue weighted by atomic mass is 16.5. The molecule has 0 saturated carbocycles. The number of amides is 1. The lowest BCUT2D eigenvalue weighted by atomic mass is 10.1. The minimum atomic E-state index is -0.270. The van der Waals surface area contributed by atoms with Crippen LogP contribution < -0.4 is 15.8 Å². The number of nitrogens with one attached hydrogen (secondary N) is 1. The van der Waals surface area contributed by atoms with Crippen molar-refractivity contribution in [3.63, 3.8) is 0 Å². The molecule has 1 aromatic rings. The molecule has 1 aromatic carbocycles. The standard InChI is InChI=1S/C15H20N2O2/c1-4-8-11(5-2)17-15(18)12-9-7-10-13(16)14(12)19-6-3/h2,7,9-11H,4,6,8,16H2,1,3H3,(H,17,18). The van der Waals surface area contributed by atoms with E-state index in [0.717, 1.165) is 12.8 Å². The van der Waals surface area contributed by atoms with Gasteiger partial charge in [0, 0.05) is 0 Å². The number of ether oxygens (including phenoxy) is 1. The van der Waals surface area contributed by atoms with Gasteiger partial charge in [0.2, 0.25) is 0 Å². The van der Waals surface area contributed by atoms with Crippen LogP contribution in [0.4, 0.5) is 5.69 Å². The minimum absolute atomic E-state index is 0.257. The molecule has 0 aliphatic rings. The molecule has 4 nitrogen and oxygen atoms in total. The Balaban J connectivity index is 2.93. The van der Waals surface area contributed by atoms with Crippen LogP contribution in [0.15, 0.2) is 18.2 Å². The van der Waals surface area contributed by atoms with E-state index in [4.69, 9.17) is 16.9 Å². The zero-order chi connectivity index (χ0) is 14.3. The van der Waals surface area contributed by atoms with Gasteiger partial charge in [-0.25, -0.2) is 0 Å². The smallest absolute Gasteiger partial charge is 0.256 e. The Morgan fingerprint density at radius 1 is 1.53 bits per heavy atom. The Hall–Kier alpha value is -2.15. The molecular weight excluding hydrogens is 240 g/mol. The molecule has 3 N–H and O–H groups in total. The van der Waals surface area contributed by atoms with E-state index < -0.39 is 0 Å². The van der Waals surface area contributed by atoms with Crippen molar-refractivity contribution in [1.29, 1.82) is 0 Å². The Morgan fingerprint density at radius 3 is 2.84 bits per heavy atom. The van der Waals surface area contributed by atoms with E-state index in [1.165, 1.54) is 0 Å². The van der Waals surface area contributed by atoms with Crippen molar-refractivity contribution in [2.24, 2.45) is 0 Å². The van der Waals surface area contributed by atoms with E-state index in [-0.39, 0.29) is 11.9 Å². The zero-order valence-electron chi connectivity index (χ0n) is 11.4. The van der Waals surface area contributed by atoms with Gasteiger partial charge < -0.3 is 15.8 Å². The van der Waals surface area contributed by atoms with E-state index in [1.54, 1.807) is 18.2 Å². The maximum absolute atomic E-state index is 12.2. The normalized spacial score (nSPS) is 11.4. The van der Waals surface area contributed by atoms with E-state index in [0.29, 0.717) is 23.6 Å². The first-order valence-corrected chi connectivity index (χ1v) is 6.42. The number of rotatable bonds is 6. The third kappa shape index (κ3) is 3.92. The Morgan fingerprint density at radius 2 is 2.26 bits per heavy atom. The highest BCUT2D eigenvalue weighted by molar-refractivity contribution is 5.99. The average Bonchev–Trinajstić information content (AvgIpc) is 2.40. The van der Waals surface area contributed by atoms with Crippen LogP contribution in [-0.2, 0) is 0 Å². The molecule has 0 spiro atoms. The van der Waals surface area contributed by atoms with E-state index in [1.807, 2.05) is 13.8 Å². The number of carbonyl (C=O) groups is 1. The molecule has 1 atom stereocenters. The maximum Gasteiger partial charge on any atom is 0.256 e. The number of nitrogens with two attached hydrogens (primary N) is 1. The predicted molar refractivity (Wildman–Crippen MR) is 77.0 cm³/mol. The molecular formula is C15H20N2O2. The molecule has 1 amide bonds. The number of benzene rings is 1. The molecule has 0 bridgehead atoms. The quantitative estimate of drug-likeness (QED) is 0.609. The number of terminal acetylenes is 1. The summed E-state index contributed by atoms with van der Waals surface area (Å²) in [4.78, 5) is 12.2. The van der Waals surface area contributed by atoms with Gasteiger partial charge in [0.25, 0.3) is 5.91 Å². The number of carbonyl (C=O) groups excluding carboxylic acids is 1. The molecule has 1 rings (SSSR count). The monoisotopic (exact) mass is 260 g/mol.